The van der Waals surface area contributed by atoms with Crippen molar-refractivity contribution >= 4 is 14.0 Å². The molecule has 0 aliphatic heterocycles. The van der Waals surface area contributed by atoms with Crippen LogP contribution >= 0.6 is 0 Å². The van der Waals surface area contributed by atoms with Crippen molar-refractivity contribution in [1.29, 1.82) is 0 Å². The lowest BCUT2D eigenvalue weighted by atomic mass is 10.3. The van der Waals surface area contributed by atoms with Crippen molar-refractivity contribution in [2.45, 2.75) is 39.4 Å². The molecule has 1 aromatic rings. The van der Waals surface area contributed by atoms with Gasteiger partial charge >= 0.3 is 5.97 Å². The van der Waals surface area contributed by atoms with Crippen LogP contribution in [0.25, 0.3) is 0 Å². The molecule has 0 atom stereocenters. The molecule has 0 bridgehead atoms. The van der Waals surface area contributed by atoms with Gasteiger partial charge in [-0.3, -0.25) is 4.79 Å². The topological polar surface area (TPSA) is 52.1 Å². The van der Waals surface area contributed by atoms with Crippen molar-refractivity contribution in [3.8, 4) is 17.3 Å². The van der Waals surface area contributed by atoms with Crippen molar-refractivity contribution in [1.82, 2.24) is 9.97 Å². The van der Waals surface area contributed by atoms with E-state index in [9.17, 15) is 4.79 Å². The molecular weight excluding hydrogens is 244 g/mol. The maximum absolute atomic E-state index is 11.4. The molecule has 0 aromatic carbocycles. The minimum Gasteiger partial charge on any atom is -0.404 e. The Labute approximate surface area is 109 Å². The van der Waals surface area contributed by atoms with Gasteiger partial charge in [-0.1, -0.05) is 26.6 Å². The Morgan fingerprint density at radius 2 is 2.00 bits per heavy atom. The quantitative estimate of drug-likeness (QED) is 0.477. The summed E-state index contributed by atoms with van der Waals surface area (Å²) >= 11 is 0. The van der Waals surface area contributed by atoms with Crippen LogP contribution in [0.15, 0.2) is 12.4 Å². The molecule has 0 aliphatic carbocycles. The SMILES string of the molecule is CCCC(=O)Oc1nccnc1C#C[Si](C)(C)C. The first-order valence-electron chi connectivity index (χ1n) is 5.97. The van der Waals surface area contributed by atoms with Crippen molar-refractivity contribution in [3.63, 3.8) is 0 Å². The second-order valence-electron chi connectivity index (χ2n) is 4.93. The van der Waals surface area contributed by atoms with E-state index >= 15 is 0 Å². The molecule has 1 rings (SSSR count). The highest BCUT2D eigenvalue weighted by Crippen LogP contribution is 2.11. The second-order valence-corrected chi connectivity index (χ2v) is 9.68. The fourth-order valence-corrected chi connectivity index (χ4v) is 1.59. The third kappa shape index (κ3) is 5.10. The summed E-state index contributed by atoms with van der Waals surface area (Å²) in [5, 5.41) is 0. The molecule has 1 heterocycles. The molecule has 18 heavy (non-hydrogen) atoms. The van der Waals surface area contributed by atoms with Gasteiger partial charge in [-0.2, -0.15) is 0 Å². The van der Waals surface area contributed by atoms with Crippen molar-refractivity contribution in [2.75, 3.05) is 0 Å². The fourth-order valence-electron chi connectivity index (χ4n) is 1.10. The highest BCUT2D eigenvalue weighted by atomic mass is 28.3. The molecule has 0 unspecified atom stereocenters. The van der Waals surface area contributed by atoms with Gasteiger partial charge in [0.05, 0.1) is 0 Å². The summed E-state index contributed by atoms with van der Waals surface area (Å²) in [6.07, 6.45) is 4.16. The van der Waals surface area contributed by atoms with Crippen molar-refractivity contribution < 1.29 is 9.53 Å². The predicted molar refractivity (Wildman–Crippen MR) is 72.8 cm³/mol. The second kappa shape index (κ2) is 6.31. The first-order valence-corrected chi connectivity index (χ1v) is 9.47. The number of carbonyl (C=O) groups is 1. The van der Waals surface area contributed by atoms with Crippen LogP contribution in [0.1, 0.15) is 25.5 Å². The van der Waals surface area contributed by atoms with E-state index in [1.807, 2.05) is 6.92 Å². The summed E-state index contributed by atoms with van der Waals surface area (Å²) in [7, 11) is -1.49. The zero-order valence-electron chi connectivity index (χ0n) is 11.3. The number of carbonyl (C=O) groups excluding carboxylic acids is 1. The van der Waals surface area contributed by atoms with Gasteiger partial charge < -0.3 is 4.74 Å². The summed E-state index contributed by atoms with van der Waals surface area (Å²) < 4.78 is 5.15. The number of aromatic nitrogens is 2. The van der Waals surface area contributed by atoms with Crippen LogP contribution in [0.4, 0.5) is 0 Å². The van der Waals surface area contributed by atoms with E-state index in [1.165, 1.54) is 6.20 Å². The Morgan fingerprint density at radius 3 is 2.61 bits per heavy atom. The predicted octanol–water partition coefficient (Wildman–Crippen LogP) is 2.41. The Kier molecular flexibility index (Phi) is 5.04. The third-order valence-electron chi connectivity index (χ3n) is 1.89. The number of rotatable bonds is 3. The molecule has 0 saturated heterocycles. The van der Waals surface area contributed by atoms with Crippen LogP contribution < -0.4 is 4.74 Å². The van der Waals surface area contributed by atoms with Gasteiger partial charge in [-0.05, 0) is 12.3 Å². The van der Waals surface area contributed by atoms with E-state index in [1.54, 1.807) is 6.20 Å². The summed E-state index contributed by atoms with van der Waals surface area (Å²) in [5.41, 5.74) is 3.61. The first kappa shape index (κ1) is 14.4. The molecule has 0 N–H and O–H groups in total. The maximum Gasteiger partial charge on any atom is 0.312 e. The lowest BCUT2D eigenvalue weighted by molar-refractivity contribution is -0.134. The molecule has 96 valence electrons. The molecule has 0 amide bonds. The van der Waals surface area contributed by atoms with Crippen molar-refractivity contribution in [2.24, 2.45) is 0 Å². The van der Waals surface area contributed by atoms with Gasteiger partial charge in [0.25, 0.3) is 5.88 Å². The van der Waals surface area contributed by atoms with Gasteiger partial charge in [0.15, 0.2) is 5.69 Å². The van der Waals surface area contributed by atoms with E-state index in [4.69, 9.17) is 4.74 Å². The molecule has 0 fully saturated rings. The smallest absolute Gasteiger partial charge is 0.312 e. The average Bonchev–Trinajstić information content (AvgIpc) is 2.27. The molecule has 0 saturated carbocycles. The zero-order chi connectivity index (χ0) is 13.6. The maximum atomic E-state index is 11.4. The molecule has 0 aliphatic rings. The van der Waals surface area contributed by atoms with Crippen LogP contribution in [0, 0.1) is 11.5 Å². The minimum absolute atomic E-state index is 0.210. The van der Waals surface area contributed by atoms with Gasteiger partial charge in [0, 0.05) is 18.8 Å². The van der Waals surface area contributed by atoms with Crippen LogP contribution in [-0.4, -0.2) is 24.0 Å². The van der Waals surface area contributed by atoms with Crippen LogP contribution in [-0.2, 0) is 4.79 Å². The number of nitrogens with zero attached hydrogens (tertiary/aromatic N) is 2. The van der Waals surface area contributed by atoms with E-state index in [2.05, 4.69) is 41.1 Å². The Morgan fingerprint density at radius 1 is 1.33 bits per heavy atom. The Hall–Kier alpha value is -1.67. The Bertz CT molecular complexity index is 484. The number of hydrogen-bond acceptors (Lipinski definition) is 4. The van der Waals surface area contributed by atoms with Gasteiger partial charge in [0.1, 0.15) is 8.07 Å². The molecule has 0 radical (unpaired) electrons. The monoisotopic (exact) mass is 262 g/mol. The number of ether oxygens (including phenoxy) is 1. The molecule has 4 nitrogen and oxygen atoms in total. The lowest BCUT2D eigenvalue weighted by Gasteiger charge is -2.05. The average molecular weight is 262 g/mol. The summed E-state index contributed by atoms with van der Waals surface area (Å²) in [6, 6.07) is 0. The van der Waals surface area contributed by atoms with Crippen LogP contribution in [0.2, 0.25) is 19.6 Å². The third-order valence-corrected chi connectivity index (χ3v) is 2.76. The number of esters is 1. The van der Waals surface area contributed by atoms with E-state index in [-0.39, 0.29) is 11.8 Å². The lowest BCUT2D eigenvalue weighted by Crippen LogP contribution is -2.16. The summed E-state index contributed by atoms with van der Waals surface area (Å²) in [5.74, 6) is 2.87. The Balaban J connectivity index is 2.92. The molecule has 5 heteroatoms. The molecule has 1 aromatic heterocycles. The van der Waals surface area contributed by atoms with Crippen LogP contribution in [0.3, 0.4) is 0 Å². The normalized spacial score (nSPS) is 10.4. The van der Waals surface area contributed by atoms with Gasteiger partial charge in [-0.25, -0.2) is 9.97 Å². The number of hydrogen-bond donors (Lipinski definition) is 0. The van der Waals surface area contributed by atoms with Crippen molar-refractivity contribution in [3.05, 3.63) is 18.1 Å². The summed E-state index contributed by atoms with van der Waals surface area (Å²) in [6.45, 7) is 8.33. The first-order chi connectivity index (χ1) is 8.42. The van der Waals surface area contributed by atoms with E-state index in [0.29, 0.717) is 12.1 Å². The largest absolute Gasteiger partial charge is 0.404 e. The van der Waals surface area contributed by atoms with Crippen LogP contribution in [0.5, 0.6) is 5.88 Å². The van der Waals surface area contributed by atoms with Gasteiger partial charge in [0.2, 0.25) is 0 Å². The van der Waals surface area contributed by atoms with E-state index in [0.717, 1.165) is 6.42 Å². The highest BCUT2D eigenvalue weighted by molar-refractivity contribution is 6.83. The zero-order valence-corrected chi connectivity index (χ0v) is 12.3. The standard InChI is InChI=1S/C13H18N2O2Si/c1-5-6-12(16)17-13-11(14-8-9-15-13)7-10-18(2,3)4/h8-9H,5-6H2,1-4H3. The molecule has 0 spiro atoms. The summed E-state index contributed by atoms with van der Waals surface area (Å²) in [4.78, 5) is 19.5. The van der Waals surface area contributed by atoms with E-state index < -0.39 is 8.07 Å². The highest BCUT2D eigenvalue weighted by Gasteiger charge is 2.11. The van der Waals surface area contributed by atoms with Gasteiger partial charge in [-0.15, -0.1) is 5.54 Å². The fraction of sp³-hybridized carbons (Fsp3) is 0.462. The molecular formula is C13H18N2O2Si. The minimum atomic E-state index is -1.49.